The summed E-state index contributed by atoms with van der Waals surface area (Å²) in [4.78, 5) is 30.1. The van der Waals surface area contributed by atoms with Gasteiger partial charge in [0.05, 0.1) is 24.8 Å². The van der Waals surface area contributed by atoms with Crippen LogP contribution in [-0.2, 0) is 19.5 Å². The number of imide groups is 1. The van der Waals surface area contributed by atoms with Crippen LogP contribution in [0, 0.1) is 0 Å². The molecule has 1 unspecified atom stereocenters. The molecule has 0 bridgehead atoms. The van der Waals surface area contributed by atoms with Gasteiger partial charge in [-0.25, -0.2) is 0 Å². The standard InChI is InChI=1S/C33H32N2O4/c1-3-17-34(25-18-28-29(38-2)15-8-16-30(28)39-21-25)19-23-11-6-9-22-10-7-12-24(31(22)23)20-35-32(36)26-13-4-5-14-27(26)33(35)37/h4-16,25H,3,17-21H2,1-2H3. The van der Waals surface area contributed by atoms with Crippen LogP contribution < -0.4 is 9.47 Å². The Hall–Kier alpha value is -4.16. The molecule has 6 rings (SSSR count). The van der Waals surface area contributed by atoms with Gasteiger partial charge in [-0.2, -0.15) is 0 Å². The third-order valence-electron chi connectivity index (χ3n) is 7.87. The van der Waals surface area contributed by atoms with E-state index in [2.05, 4.69) is 36.1 Å². The zero-order chi connectivity index (χ0) is 26.9. The molecule has 0 saturated carbocycles. The van der Waals surface area contributed by atoms with Crippen molar-refractivity contribution in [3.8, 4) is 11.5 Å². The minimum atomic E-state index is -0.232. The highest BCUT2D eigenvalue weighted by molar-refractivity contribution is 6.21. The van der Waals surface area contributed by atoms with Crippen LogP contribution in [0.2, 0.25) is 0 Å². The zero-order valence-corrected chi connectivity index (χ0v) is 22.4. The average molecular weight is 521 g/mol. The highest BCUT2D eigenvalue weighted by Gasteiger charge is 2.35. The summed E-state index contributed by atoms with van der Waals surface area (Å²) >= 11 is 0. The monoisotopic (exact) mass is 520 g/mol. The van der Waals surface area contributed by atoms with E-state index in [-0.39, 0.29) is 24.4 Å². The second kappa shape index (κ2) is 10.5. The highest BCUT2D eigenvalue weighted by Crippen LogP contribution is 2.35. The van der Waals surface area contributed by atoms with Gasteiger partial charge < -0.3 is 9.47 Å². The number of hydrogen-bond acceptors (Lipinski definition) is 5. The summed E-state index contributed by atoms with van der Waals surface area (Å²) in [5, 5.41) is 2.21. The lowest BCUT2D eigenvalue weighted by atomic mass is 9.96. The van der Waals surface area contributed by atoms with Crippen LogP contribution in [0.3, 0.4) is 0 Å². The number of carbonyl (C=O) groups excluding carboxylic acids is 2. The molecule has 2 amide bonds. The Bertz CT molecular complexity index is 1510. The number of methoxy groups -OCH3 is 1. The number of ether oxygens (including phenoxy) is 2. The Kier molecular flexibility index (Phi) is 6.79. The fourth-order valence-corrected chi connectivity index (χ4v) is 6.00. The minimum absolute atomic E-state index is 0.201. The molecule has 6 heteroatoms. The molecular formula is C33H32N2O4. The number of amides is 2. The van der Waals surface area contributed by atoms with Gasteiger partial charge in [0.2, 0.25) is 0 Å². The predicted octanol–water partition coefficient (Wildman–Crippen LogP) is 5.86. The predicted molar refractivity (Wildman–Crippen MR) is 151 cm³/mol. The molecule has 39 heavy (non-hydrogen) atoms. The zero-order valence-electron chi connectivity index (χ0n) is 22.4. The highest BCUT2D eigenvalue weighted by atomic mass is 16.5. The van der Waals surface area contributed by atoms with E-state index >= 15 is 0 Å². The third kappa shape index (κ3) is 4.55. The van der Waals surface area contributed by atoms with Crippen molar-refractivity contribution in [1.29, 1.82) is 0 Å². The summed E-state index contributed by atoms with van der Waals surface area (Å²) in [5.74, 6) is 1.30. The van der Waals surface area contributed by atoms with Crippen LogP contribution in [0.5, 0.6) is 11.5 Å². The van der Waals surface area contributed by atoms with Gasteiger partial charge in [0.15, 0.2) is 0 Å². The van der Waals surface area contributed by atoms with E-state index in [0.29, 0.717) is 17.7 Å². The summed E-state index contributed by atoms with van der Waals surface area (Å²) in [7, 11) is 1.70. The fourth-order valence-electron chi connectivity index (χ4n) is 6.00. The molecule has 0 saturated heterocycles. The van der Waals surface area contributed by atoms with E-state index in [0.717, 1.165) is 59.3 Å². The molecule has 6 nitrogen and oxygen atoms in total. The Morgan fingerprint density at radius 2 is 1.59 bits per heavy atom. The molecule has 198 valence electrons. The molecular weight excluding hydrogens is 488 g/mol. The van der Waals surface area contributed by atoms with Crippen molar-refractivity contribution in [3.63, 3.8) is 0 Å². The van der Waals surface area contributed by atoms with E-state index in [9.17, 15) is 9.59 Å². The van der Waals surface area contributed by atoms with Crippen LogP contribution in [0.1, 0.15) is 50.8 Å². The van der Waals surface area contributed by atoms with Crippen LogP contribution in [-0.4, -0.2) is 47.9 Å². The lowest BCUT2D eigenvalue weighted by molar-refractivity contribution is 0.0643. The number of nitrogens with zero attached hydrogens (tertiary/aromatic N) is 2. The van der Waals surface area contributed by atoms with Gasteiger partial charge in [0.1, 0.15) is 18.1 Å². The van der Waals surface area contributed by atoms with Crippen LogP contribution in [0.15, 0.2) is 78.9 Å². The number of fused-ring (bicyclic) bond motifs is 3. The molecule has 0 radical (unpaired) electrons. The van der Waals surface area contributed by atoms with Crippen LogP contribution in [0.4, 0.5) is 0 Å². The summed E-state index contributed by atoms with van der Waals surface area (Å²) in [5.41, 5.74) is 4.22. The van der Waals surface area contributed by atoms with Crippen molar-refractivity contribution in [3.05, 3.63) is 107 Å². The topological polar surface area (TPSA) is 59.1 Å². The number of carbonyl (C=O) groups is 2. The first-order valence-electron chi connectivity index (χ1n) is 13.6. The first-order chi connectivity index (χ1) is 19.1. The molecule has 2 aliphatic rings. The van der Waals surface area contributed by atoms with Gasteiger partial charge in [-0.15, -0.1) is 0 Å². The normalized spacial score (nSPS) is 16.4. The molecule has 0 aliphatic carbocycles. The van der Waals surface area contributed by atoms with Gasteiger partial charge in [-0.3, -0.25) is 19.4 Å². The molecule has 0 spiro atoms. The van der Waals surface area contributed by atoms with Gasteiger partial charge in [0, 0.05) is 18.2 Å². The van der Waals surface area contributed by atoms with Crippen LogP contribution in [0.25, 0.3) is 10.8 Å². The minimum Gasteiger partial charge on any atom is -0.496 e. The Morgan fingerprint density at radius 1 is 0.897 bits per heavy atom. The Morgan fingerprint density at radius 3 is 2.28 bits per heavy atom. The largest absolute Gasteiger partial charge is 0.496 e. The molecule has 0 fully saturated rings. The quantitative estimate of drug-likeness (QED) is 0.272. The lowest BCUT2D eigenvalue weighted by Gasteiger charge is -2.36. The smallest absolute Gasteiger partial charge is 0.261 e. The molecule has 2 heterocycles. The SMILES string of the molecule is CCCN(Cc1cccc2cccc(CN3C(=O)c4ccccc4C3=O)c12)C1COc2cccc(OC)c2C1. The van der Waals surface area contributed by atoms with Crippen molar-refractivity contribution in [2.45, 2.75) is 38.9 Å². The molecule has 1 atom stereocenters. The molecule has 4 aromatic rings. The van der Waals surface area contributed by atoms with E-state index in [4.69, 9.17) is 9.47 Å². The van der Waals surface area contributed by atoms with Crippen molar-refractivity contribution < 1.29 is 19.1 Å². The number of rotatable bonds is 8. The van der Waals surface area contributed by atoms with E-state index in [1.807, 2.05) is 30.3 Å². The summed E-state index contributed by atoms with van der Waals surface area (Å²) in [6, 6.07) is 25.7. The van der Waals surface area contributed by atoms with Gasteiger partial charge in [-0.05, 0) is 65.6 Å². The van der Waals surface area contributed by atoms with E-state index in [1.54, 1.807) is 31.4 Å². The maximum absolute atomic E-state index is 13.1. The van der Waals surface area contributed by atoms with E-state index < -0.39 is 0 Å². The fraction of sp³-hybridized carbons (Fsp3) is 0.273. The van der Waals surface area contributed by atoms with Crippen molar-refractivity contribution in [1.82, 2.24) is 9.80 Å². The molecule has 2 aliphatic heterocycles. The second-order valence-electron chi connectivity index (χ2n) is 10.3. The molecule has 0 aromatic heterocycles. The Balaban J connectivity index is 1.32. The van der Waals surface area contributed by atoms with Gasteiger partial charge in [0.25, 0.3) is 11.8 Å². The van der Waals surface area contributed by atoms with Crippen molar-refractivity contribution in [2.24, 2.45) is 0 Å². The molecule has 4 aromatic carbocycles. The summed E-state index contributed by atoms with van der Waals surface area (Å²) in [6.45, 7) is 4.72. The van der Waals surface area contributed by atoms with Gasteiger partial charge >= 0.3 is 0 Å². The maximum atomic E-state index is 13.1. The second-order valence-corrected chi connectivity index (χ2v) is 10.3. The number of benzene rings is 4. The summed E-state index contributed by atoms with van der Waals surface area (Å²) in [6.07, 6.45) is 1.87. The number of hydrogen-bond donors (Lipinski definition) is 0. The Labute approximate surface area is 228 Å². The average Bonchev–Trinajstić information content (AvgIpc) is 3.21. The first kappa shape index (κ1) is 25.1. The van der Waals surface area contributed by atoms with Crippen LogP contribution >= 0.6 is 0 Å². The molecule has 0 N–H and O–H groups in total. The first-order valence-corrected chi connectivity index (χ1v) is 13.6. The summed E-state index contributed by atoms with van der Waals surface area (Å²) < 4.78 is 11.8. The maximum Gasteiger partial charge on any atom is 0.261 e. The third-order valence-corrected chi connectivity index (χ3v) is 7.87. The van der Waals surface area contributed by atoms with Crippen molar-refractivity contribution >= 4 is 22.6 Å². The van der Waals surface area contributed by atoms with E-state index in [1.165, 1.54) is 10.5 Å². The lowest BCUT2D eigenvalue weighted by Crippen LogP contribution is -2.43. The van der Waals surface area contributed by atoms with Gasteiger partial charge in [-0.1, -0.05) is 61.5 Å². The van der Waals surface area contributed by atoms with Crippen molar-refractivity contribution in [2.75, 3.05) is 20.3 Å².